The topological polar surface area (TPSA) is 121 Å². The maximum atomic E-state index is 11.5. The van der Waals surface area contributed by atoms with Crippen LogP contribution in [0.25, 0.3) is 0 Å². The highest BCUT2D eigenvalue weighted by Gasteiger charge is 2.21. The number of esters is 1. The lowest BCUT2D eigenvalue weighted by Crippen LogP contribution is -2.37. The van der Waals surface area contributed by atoms with Gasteiger partial charge in [0.25, 0.3) is 10.0 Å². The van der Waals surface area contributed by atoms with Crippen molar-refractivity contribution < 1.29 is 23.1 Å². The number of aromatic nitrogens is 2. The normalized spacial score (nSPS) is 13.4. The molecule has 1 atom stereocenters. The van der Waals surface area contributed by atoms with Crippen molar-refractivity contribution in [1.29, 1.82) is 0 Å². The molecule has 0 spiro atoms. The first-order valence-corrected chi connectivity index (χ1v) is 5.70. The molecule has 1 aromatic heterocycles. The minimum atomic E-state index is -3.79. The third-order valence-corrected chi connectivity index (χ3v) is 3.06. The fraction of sp³-hybridized carbons (Fsp3) is 0.429. The summed E-state index contributed by atoms with van der Waals surface area (Å²) in [7, 11) is -2.70. The number of carbonyl (C=O) groups excluding carboxylic acids is 1. The van der Waals surface area contributed by atoms with Crippen LogP contribution >= 0.6 is 0 Å². The number of nitrogens with zero attached hydrogens (tertiary/aromatic N) is 1. The molecule has 0 aromatic carbocycles. The SMILES string of the molecule is COC(=O)C(O)CNS(=O)(=O)c1ccn[nH]1. The van der Waals surface area contributed by atoms with Gasteiger partial charge in [0.1, 0.15) is 0 Å². The fourth-order valence-corrected chi connectivity index (χ4v) is 1.82. The molecular formula is C7H11N3O5S. The molecule has 0 aliphatic carbocycles. The van der Waals surface area contributed by atoms with E-state index in [0.29, 0.717) is 0 Å². The van der Waals surface area contributed by atoms with Crippen molar-refractivity contribution in [3.05, 3.63) is 12.3 Å². The monoisotopic (exact) mass is 249 g/mol. The maximum Gasteiger partial charge on any atom is 0.336 e. The van der Waals surface area contributed by atoms with E-state index in [-0.39, 0.29) is 5.03 Å². The second-order valence-electron chi connectivity index (χ2n) is 2.81. The maximum absolute atomic E-state index is 11.5. The molecular weight excluding hydrogens is 238 g/mol. The third kappa shape index (κ3) is 3.02. The Kier molecular flexibility index (Phi) is 3.99. The summed E-state index contributed by atoms with van der Waals surface area (Å²) in [5.74, 6) is -0.910. The Morgan fingerprint density at radius 2 is 2.44 bits per heavy atom. The van der Waals surface area contributed by atoms with Crippen LogP contribution in [0.3, 0.4) is 0 Å². The van der Waals surface area contributed by atoms with E-state index in [1.165, 1.54) is 12.3 Å². The van der Waals surface area contributed by atoms with Crippen LogP contribution in [0.1, 0.15) is 0 Å². The zero-order chi connectivity index (χ0) is 12.2. The largest absolute Gasteiger partial charge is 0.467 e. The van der Waals surface area contributed by atoms with E-state index in [2.05, 4.69) is 14.9 Å². The smallest absolute Gasteiger partial charge is 0.336 e. The van der Waals surface area contributed by atoms with Crippen molar-refractivity contribution in [2.75, 3.05) is 13.7 Å². The van der Waals surface area contributed by atoms with Gasteiger partial charge >= 0.3 is 5.97 Å². The zero-order valence-electron chi connectivity index (χ0n) is 8.37. The molecule has 8 nitrogen and oxygen atoms in total. The minimum Gasteiger partial charge on any atom is -0.467 e. The molecule has 0 bridgehead atoms. The average Bonchev–Trinajstić information content (AvgIpc) is 2.78. The number of rotatable bonds is 5. The molecule has 3 N–H and O–H groups in total. The van der Waals surface area contributed by atoms with Gasteiger partial charge in [-0.2, -0.15) is 5.10 Å². The van der Waals surface area contributed by atoms with E-state index in [1.54, 1.807) is 0 Å². The highest BCUT2D eigenvalue weighted by Crippen LogP contribution is 2.01. The minimum absolute atomic E-state index is 0.149. The summed E-state index contributed by atoms with van der Waals surface area (Å²) < 4.78 is 29.2. The number of nitrogens with one attached hydrogen (secondary N) is 2. The van der Waals surface area contributed by atoms with Crippen LogP contribution in [0.2, 0.25) is 0 Å². The molecule has 1 heterocycles. The van der Waals surface area contributed by atoms with Crippen molar-refractivity contribution in [3.63, 3.8) is 0 Å². The quantitative estimate of drug-likeness (QED) is 0.530. The number of carbonyl (C=O) groups is 1. The highest BCUT2D eigenvalue weighted by atomic mass is 32.2. The van der Waals surface area contributed by atoms with E-state index < -0.39 is 28.6 Å². The van der Waals surface area contributed by atoms with Crippen LogP contribution in [-0.2, 0) is 19.6 Å². The Bertz CT molecular complexity index is 441. The van der Waals surface area contributed by atoms with Gasteiger partial charge in [0, 0.05) is 6.54 Å². The molecule has 1 unspecified atom stereocenters. The Hall–Kier alpha value is -1.45. The standard InChI is InChI=1S/C7H11N3O5S/c1-15-7(12)5(11)4-9-16(13,14)6-2-3-8-10-6/h2-3,5,9,11H,4H2,1H3,(H,8,10). The van der Waals surface area contributed by atoms with Crippen LogP contribution in [-0.4, -0.2) is 49.4 Å². The second kappa shape index (κ2) is 5.05. The summed E-state index contributed by atoms with van der Waals surface area (Å²) in [4.78, 5) is 10.8. The summed E-state index contributed by atoms with van der Waals surface area (Å²) in [6.07, 6.45) is -0.270. The van der Waals surface area contributed by atoms with Gasteiger partial charge in [0.05, 0.1) is 13.3 Å². The number of hydrogen-bond acceptors (Lipinski definition) is 6. The number of methoxy groups -OCH3 is 1. The molecule has 0 aliphatic rings. The van der Waals surface area contributed by atoms with Crippen LogP contribution in [0.4, 0.5) is 0 Å². The van der Waals surface area contributed by atoms with E-state index in [0.717, 1.165) is 7.11 Å². The number of aliphatic hydroxyl groups is 1. The Balaban J connectivity index is 2.59. The van der Waals surface area contributed by atoms with Crippen molar-refractivity contribution in [2.45, 2.75) is 11.1 Å². The molecule has 0 fully saturated rings. The summed E-state index contributed by atoms with van der Waals surface area (Å²) in [5.41, 5.74) is 0. The Labute approximate surface area is 91.7 Å². The summed E-state index contributed by atoms with van der Waals surface area (Å²) in [6, 6.07) is 1.24. The lowest BCUT2D eigenvalue weighted by Gasteiger charge is -2.08. The van der Waals surface area contributed by atoms with Crippen molar-refractivity contribution in [3.8, 4) is 0 Å². The summed E-state index contributed by atoms with van der Waals surface area (Å²) in [6.45, 7) is -0.464. The third-order valence-electron chi connectivity index (χ3n) is 1.70. The van der Waals surface area contributed by atoms with E-state index in [1.807, 2.05) is 4.72 Å². The second-order valence-corrected chi connectivity index (χ2v) is 4.55. The van der Waals surface area contributed by atoms with E-state index in [9.17, 15) is 13.2 Å². The molecule has 0 radical (unpaired) electrons. The van der Waals surface area contributed by atoms with Gasteiger partial charge in [-0.25, -0.2) is 17.9 Å². The van der Waals surface area contributed by atoms with Gasteiger partial charge < -0.3 is 9.84 Å². The molecule has 9 heteroatoms. The molecule has 0 saturated carbocycles. The predicted octanol–water partition coefficient (Wildman–Crippen LogP) is -1.78. The van der Waals surface area contributed by atoms with Crippen molar-refractivity contribution >= 4 is 16.0 Å². The Morgan fingerprint density at radius 3 is 2.94 bits per heavy atom. The first kappa shape index (κ1) is 12.6. The number of H-pyrrole nitrogens is 1. The summed E-state index contributed by atoms with van der Waals surface area (Å²) >= 11 is 0. The average molecular weight is 249 g/mol. The van der Waals surface area contributed by atoms with Gasteiger partial charge in [0.15, 0.2) is 11.1 Å². The van der Waals surface area contributed by atoms with Crippen LogP contribution in [0.15, 0.2) is 17.3 Å². The van der Waals surface area contributed by atoms with Gasteiger partial charge in [-0.1, -0.05) is 0 Å². The van der Waals surface area contributed by atoms with E-state index >= 15 is 0 Å². The molecule has 1 rings (SSSR count). The fourth-order valence-electron chi connectivity index (χ4n) is 0.879. The van der Waals surface area contributed by atoms with Gasteiger partial charge in [-0.3, -0.25) is 5.10 Å². The van der Waals surface area contributed by atoms with Gasteiger partial charge in [0.2, 0.25) is 0 Å². The molecule has 0 aliphatic heterocycles. The lowest BCUT2D eigenvalue weighted by molar-refractivity contribution is -0.149. The van der Waals surface area contributed by atoms with Crippen molar-refractivity contribution in [2.24, 2.45) is 0 Å². The number of ether oxygens (including phenoxy) is 1. The van der Waals surface area contributed by atoms with Crippen LogP contribution < -0.4 is 4.72 Å². The number of aromatic amines is 1. The molecule has 1 aromatic rings. The molecule has 90 valence electrons. The van der Waals surface area contributed by atoms with E-state index in [4.69, 9.17) is 5.11 Å². The molecule has 0 saturated heterocycles. The molecule has 0 amide bonds. The van der Waals surface area contributed by atoms with Crippen LogP contribution in [0, 0.1) is 0 Å². The zero-order valence-corrected chi connectivity index (χ0v) is 9.19. The molecule has 16 heavy (non-hydrogen) atoms. The highest BCUT2D eigenvalue weighted by molar-refractivity contribution is 7.89. The Morgan fingerprint density at radius 1 is 1.75 bits per heavy atom. The van der Waals surface area contributed by atoms with Gasteiger partial charge in [-0.15, -0.1) is 0 Å². The van der Waals surface area contributed by atoms with Crippen LogP contribution in [0.5, 0.6) is 0 Å². The van der Waals surface area contributed by atoms with Gasteiger partial charge in [-0.05, 0) is 6.07 Å². The predicted molar refractivity (Wildman–Crippen MR) is 51.8 cm³/mol. The number of sulfonamides is 1. The number of hydrogen-bond donors (Lipinski definition) is 3. The first-order valence-electron chi connectivity index (χ1n) is 4.22. The number of aliphatic hydroxyl groups excluding tert-OH is 1. The van der Waals surface area contributed by atoms with Crippen molar-refractivity contribution in [1.82, 2.24) is 14.9 Å². The first-order chi connectivity index (χ1) is 7.47. The lowest BCUT2D eigenvalue weighted by atomic mass is 10.4. The summed E-state index contributed by atoms with van der Waals surface area (Å²) in [5, 5.41) is 14.7.